The summed E-state index contributed by atoms with van der Waals surface area (Å²) in [6.45, 7) is 9.71. The molecule has 0 N–H and O–H groups in total. The molecule has 3 aliphatic rings. The van der Waals surface area contributed by atoms with Crippen molar-refractivity contribution in [3.05, 3.63) is 22.3 Å². The average Bonchev–Trinajstić information content (AvgIpc) is 2.70. The first-order valence-electron chi connectivity index (χ1n) is 6.51. The molecule has 0 amide bonds. The van der Waals surface area contributed by atoms with Crippen LogP contribution in [-0.2, 0) is 0 Å². The van der Waals surface area contributed by atoms with Crippen molar-refractivity contribution >= 4 is 0 Å². The fourth-order valence-electron chi connectivity index (χ4n) is 3.95. The van der Waals surface area contributed by atoms with E-state index < -0.39 is 0 Å². The smallest absolute Gasteiger partial charge is 0.0114 e. The molecule has 0 aromatic heterocycles. The van der Waals surface area contributed by atoms with Crippen molar-refractivity contribution in [2.24, 2.45) is 17.3 Å². The topological polar surface area (TPSA) is 0 Å². The summed E-state index contributed by atoms with van der Waals surface area (Å²) < 4.78 is 0. The minimum atomic E-state index is 0.469. The number of hydrogen-bond donors (Lipinski definition) is 0. The number of hydrogen-bond acceptors (Lipinski definition) is 0. The van der Waals surface area contributed by atoms with Crippen molar-refractivity contribution in [2.45, 2.75) is 53.4 Å². The summed E-state index contributed by atoms with van der Waals surface area (Å²) in [4.78, 5) is 0. The van der Waals surface area contributed by atoms with Crippen molar-refractivity contribution in [2.75, 3.05) is 0 Å². The predicted octanol–water partition coefficient (Wildman–Crippen LogP) is 4.48. The second-order valence-corrected chi connectivity index (χ2v) is 6.32. The van der Waals surface area contributed by atoms with Gasteiger partial charge in [-0.25, -0.2) is 0 Å². The highest BCUT2D eigenvalue weighted by Crippen LogP contribution is 2.64. The number of allylic oxidation sites excluding steroid dienone is 4. The van der Waals surface area contributed by atoms with Gasteiger partial charge in [0.15, 0.2) is 0 Å². The van der Waals surface area contributed by atoms with Crippen LogP contribution in [0, 0.1) is 17.3 Å². The van der Waals surface area contributed by atoms with E-state index in [1.165, 1.54) is 25.7 Å². The molecular formula is C15H22. The van der Waals surface area contributed by atoms with Gasteiger partial charge in [-0.05, 0) is 48.7 Å². The van der Waals surface area contributed by atoms with Crippen LogP contribution < -0.4 is 0 Å². The Morgan fingerprint density at radius 3 is 2.60 bits per heavy atom. The quantitative estimate of drug-likeness (QED) is 0.543. The van der Waals surface area contributed by atoms with E-state index in [2.05, 4.69) is 27.7 Å². The first-order chi connectivity index (χ1) is 7.03. The molecule has 0 spiro atoms. The van der Waals surface area contributed by atoms with Crippen LogP contribution >= 0.6 is 0 Å². The Morgan fingerprint density at radius 2 is 1.87 bits per heavy atom. The van der Waals surface area contributed by atoms with Gasteiger partial charge in [0.1, 0.15) is 0 Å². The number of fused-ring (bicyclic) bond motifs is 1. The molecule has 0 fully saturated rings. The van der Waals surface area contributed by atoms with Gasteiger partial charge in [0, 0.05) is 5.41 Å². The van der Waals surface area contributed by atoms with Crippen molar-refractivity contribution in [3.8, 4) is 0 Å². The van der Waals surface area contributed by atoms with Crippen LogP contribution in [0.3, 0.4) is 0 Å². The van der Waals surface area contributed by atoms with Gasteiger partial charge in [0.05, 0.1) is 0 Å². The molecule has 82 valence electrons. The lowest BCUT2D eigenvalue weighted by atomic mass is 9.75. The first kappa shape index (κ1) is 9.69. The molecule has 0 radical (unpaired) electrons. The maximum absolute atomic E-state index is 2.44. The molecular weight excluding hydrogens is 180 g/mol. The second kappa shape index (κ2) is 2.78. The van der Waals surface area contributed by atoms with Gasteiger partial charge in [-0.3, -0.25) is 0 Å². The standard InChI is InChI=1S/C15H22/c1-9-6-5-7-11-10(2)8-12-14(13(9)11)15(12,3)4/h9-10H,5-8H2,1-4H3/t9?,10-/m1/s1. The maximum atomic E-state index is 2.44. The van der Waals surface area contributed by atoms with Crippen molar-refractivity contribution in [1.82, 2.24) is 0 Å². The number of rotatable bonds is 0. The van der Waals surface area contributed by atoms with Crippen molar-refractivity contribution in [1.29, 1.82) is 0 Å². The highest BCUT2D eigenvalue weighted by molar-refractivity contribution is 5.64. The van der Waals surface area contributed by atoms with E-state index in [-0.39, 0.29) is 0 Å². The Kier molecular flexibility index (Phi) is 1.80. The molecule has 1 unspecified atom stereocenters. The van der Waals surface area contributed by atoms with Crippen LogP contribution in [0.5, 0.6) is 0 Å². The predicted molar refractivity (Wildman–Crippen MR) is 64.6 cm³/mol. The monoisotopic (exact) mass is 202 g/mol. The van der Waals surface area contributed by atoms with Crippen LogP contribution in [0.15, 0.2) is 22.3 Å². The van der Waals surface area contributed by atoms with Gasteiger partial charge in [0.25, 0.3) is 0 Å². The van der Waals surface area contributed by atoms with E-state index in [4.69, 9.17) is 0 Å². The minimum absolute atomic E-state index is 0.469. The average molecular weight is 202 g/mol. The van der Waals surface area contributed by atoms with Crippen LogP contribution in [0.4, 0.5) is 0 Å². The molecule has 0 heterocycles. The highest BCUT2D eigenvalue weighted by atomic mass is 14.5. The van der Waals surface area contributed by atoms with Crippen LogP contribution in [-0.4, -0.2) is 0 Å². The van der Waals surface area contributed by atoms with Gasteiger partial charge >= 0.3 is 0 Å². The zero-order chi connectivity index (χ0) is 10.8. The largest absolute Gasteiger partial charge is 0.0633 e. The molecule has 0 bridgehead atoms. The van der Waals surface area contributed by atoms with Crippen LogP contribution in [0.25, 0.3) is 0 Å². The lowest BCUT2D eigenvalue weighted by molar-refractivity contribution is 0.494. The van der Waals surface area contributed by atoms with E-state index in [1.54, 1.807) is 16.7 Å². The second-order valence-electron chi connectivity index (χ2n) is 6.32. The van der Waals surface area contributed by atoms with Gasteiger partial charge in [-0.1, -0.05) is 38.8 Å². The maximum Gasteiger partial charge on any atom is 0.0114 e. The summed E-state index contributed by atoms with van der Waals surface area (Å²) in [5, 5.41) is 0. The third kappa shape index (κ3) is 1.14. The fourth-order valence-corrected chi connectivity index (χ4v) is 3.95. The molecule has 3 rings (SSSR count). The van der Waals surface area contributed by atoms with Crippen molar-refractivity contribution in [3.63, 3.8) is 0 Å². The molecule has 2 atom stereocenters. The molecule has 0 heteroatoms. The first-order valence-corrected chi connectivity index (χ1v) is 6.51. The third-order valence-corrected chi connectivity index (χ3v) is 4.92. The summed E-state index contributed by atoms with van der Waals surface area (Å²) in [6.07, 6.45) is 5.58. The van der Waals surface area contributed by atoms with Crippen LogP contribution in [0.2, 0.25) is 0 Å². The Balaban J connectivity index is 2.07. The molecule has 0 aromatic rings. The molecule has 15 heavy (non-hydrogen) atoms. The Morgan fingerprint density at radius 1 is 1.13 bits per heavy atom. The van der Waals surface area contributed by atoms with Gasteiger partial charge in [-0.15, -0.1) is 0 Å². The van der Waals surface area contributed by atoms with E-state index >= 15 is 0 Å². The highest BCUT2D eigenvalue weighted by Gasteiger charge is 2.51. The van der Waals surface area contributed by atoms with Gasteiger partial charge in [0.2, 0.25) is 0 Å². The zero-order valence-electron chi connectivity index (χ0n) is 10.5. The Bertz CT molecular complexity index is 379. The summed E-state index contributed by atoms with van der Waals surface area (Å²) >= 11 is 0. The fraction of sp³-hybridized carbons (Fsp3) is 0.733. The summed E-state index contributed by atoms with van der Waals surface area (Å²) in [7, 11) is 0. The molecule has 0 saturated heterocycles. The van der Waals surface area contributed by atoms with E-state index in [1.807, 2.05) is 5.57 Å². The van der Waals surface area contributed by atoms with Gasteiger partial charge in [-0.2, -0.15) is 0 Å². The van der Waals surface area contributed by atoms with Crippen LogP contribution in [0.1, 0.15) is 53.4 Å². The van der Waals surface area contributed by atoms with E-state index in [0.717, 1.165) is 11.8 Å². The molecule has 3 aliphatic carbocycles. The summed E-state index contributed by atoms with van der Waals surface area (Å²) in [5.74, 6) is 1.67. The molecule has 0 aromatic carbocycles. The minimum Gasteiger partial charge on any atom is -0.0633 e. The van der Waals surface area contributed by atoms with Crippen molar-refractivity contribution < 1.29 is 0 Å². The Labute approximate surface area is 93.5 Å². The van der Waals surface area contributed by atoms with E-state index in [9.17, 15) is 0 Å². The summed E-state index contributed by atoms with van der Waals surface area (Å²) in [5.41, 5.74) is 7.63. The normalized spacial score (nSPS) is 37.6. The lowest BCUT2D eigenvalue weighted by Gasteiger charge is -2.30. The van der Waals surface area contributed by atoms with Gasteiger partial charge < -0.3 is 0 Å². The lowest BCUT2D eigenvalue weighted by Crippen LogP contribution is -2.15. The molecule has 0 saturated carbocycles. The summed E-state index contributed by atoms with van der Waals surface area (Å²) in [6, 6.07) is 0. The Hall–Kier alpha value is -0.520. The molecule has 0 nitrogen and oxygen atoms in total. The zero-order valence-corrected chi connectivity index (χ0v) is 10.5. The third-order valence-electron chi connectivity index (χ3n) is 4.92. The van der Waals surface area contributed by atoms with E-state index in [0.29, 0.717) is 5.41 Å². The SMILES string of the molecule is CC1CCCC2=C1C1=C(C[C@H]2C)C1(C)C. The molecule has 0 aliphatic heterocycles.